The second kappa shape index (κ2) is 7.04. The highest BCUT2D eigenvalue weighted by atomic mass is 32.1. The van der Waals surface area contributed by atoms with Gasteiger partial charge < -0.3 is 15.2 Å². The van der Waals surface area contributed by atoms with E-state index in [1.165, 1.54) is 30.6 Å². The standard InChI is InChI=1S/C15H16N2O4S/c1-9-16-11(8-22-9)7-13(19)17-14(15(20)21-2)10-3-5-12(18)6-4-10/h3-6,8,14,18H,7H2,1-2H3,(H,17,19). The van der Waals surface area contributed by atoms with E-state index in [1.54, 1.807) is 12.1 Å². The second-order valence-corrected chi connectivity index (χ2v) is 5.71. The predicted molar refractivity (Wildman–Crippen MR) is 81.6 cm³/mol. The number of carbonyl (C=O) groups excluding carboxylic acids is 2. The average Bonchev–Trinajstić information content (AvgIpc) is 2.90. The van der Waals surface area contributed by atoms with Gasteiger partial charge in [0.2, 0.25) is 5.91 Å². The maximum atomic E-state index is 12.1. The van der Waals surface area contributed by atoms with E-state index in [-0.39, 0.29) is 18.1 Å². The average molecular weight is 320 g/mol. The number of aryl methyl sites for hydroxylation is 1. The van der Waals surface area contributed by atoms with Crippen molar-refractivity contribution in [3.8, 4) is 5.75 Å². The molecule has 1 unspecified atom stereocenters. The summed E-state index contributed by atoms with van der Waals surface area (Å²) in [4.78, 5) is 28.2. The van der Waals surface area contributed by atoms with Crippen LogP contribution in [0.3, 0.4) is 0 Å². The van der Waals surface area contributed by atoms with Gasteiger partial charge >= 0.3 is 5.97 Å². The highest BCUT2D eigenvalue weighted by molar-refractivity contribution is 7.09. The molecule has 1 atom stereocenters. The molecule has 0 bridgehead atoms. The van der Waals surface area contributed by atoms with Gasteiger partial charge in [-0.3, -0.25) is 4.79 Å². The summed E-state index contributed by atoms with van der Waals surface area (Å²) in [5.74, 6) is -0.820. The van der Waals surface area contributed by atoms with Crippen molar-refractivity contribution in [3.05, 3.63) is 45.9 Å². The third-order valence-electron chi connectivity index (χ3n) is 2.98. The summed E-state index contributed by atoms with van der Waals surface area (Å²) in [5.41, 5.74) is 1.20. The van der Waals surface area contributed by atoms with E-state index in [1.807, 2.05) is 12.3 Å². The normalized spacial score (nSPS) is 11.7. The summed E-state index contributed by atoms with van der Waals surface area (Å²) in [6.07, 6.45) is 0.0932. The van der Waals surface area contributed by atoms with Crippen molar-refractivity contribution in [3.63, 3.8) is 0 Å². The third kappa shape index (κ3) is 4.05. The number of phenolic OH excluding ortho intramolecular Hbond substituents is 1. The number of methoxy groups -OCH3 is 1. The number of hydrogen-bond donors (Lipinski definition) is 2. The number of aromatic nitrogens is 1. The minimum Gasteiger partial charge on any atom is -0.508 e. The van der Waals surface area contributed by atoms with Crippen LogP contribution >= 0.6 is 11.3 Å². The largest absolute Gasteiger partial charge is 0.508 e. The number of nitrogens with zero attached hydrogens (tertiary/aromatic N) is 1. The monoisotopic (exact) mass is 320 g/mol. The third-order valence-corrected chi connectivity index (χ3v) is 3.80. The van der Waals surface area contributed by atoms with Crippen LogP contribution in [0.5, 0.6) is 5.75 Å². The fourth-order valence-electron chi connectivity index (χ4n) is 1.93. The van der Waals surface area contributed by atoms with Crippen LogP contribution in [0.25, 0.3) is 0 Å². The Morgan fingerprint density at radius 1 is 1.36 bits per heavy atom. The van der Waals surface area contributed by atoms with Crippen molar-refractivity contribution in [2.45, 2.75) is 19.4 Å². The number of rotatable bonds is 5. The van der Waals surface area contributed by atoms with E-state index in [0.29, 0.717) is 11.3 Å². The van der Waals surface area contributed by atoms with Gasteiger partial charge in [0, 0.05) is 5.38 Å². The fraction of sp³-hybridized carbons (Fsp3) is 0.267. The van der Waals surface area contributed by atoms with Crippen LogP contribution in [0.4, 0.5) is 0 Å². The number of esters is 1. The molecular weight excluding hydrogens is 304 g/mol. The molecule has 1 amide bonds. The Morgan fingerprint density at radius 2 is 2.05 bits per heavy atom. The van der Waals surface area contributed by atoms with Crippen LogP contribution in [0.2, 0.25) is 0 Å². The Balaban J connectivity index is 2.11. The molecule has 0 aliphatic rings. The first kappa shape index (κ1) is 16.0. The van der Waals surface area contributed by atoms with E-state index in [0.717, 1.165) is 5.01 Å². The highest BCUT2D eigenvalue weighted by Crippen LogP contribution is 2.18. The van der Waals surface area contributed by atoms with Gasteiger partial charge in [-0.05, 0) is 24.6 Å². The van der Waals surface area contributed by atoms with Crippen LogP contribution in [0, 0.1) is 6.92 Å². The predicted octanol–water partition coefficient (Wildman–Crippen LogP) is 1.73. The quantitative estimate of drug-likeness (QED) is 0.819. The lowest BCUT2D eigenvalue weighted by Gasteiger charge is -2.16. The Bertz CT molecular complexity index is 666. The zero-order valence-electron chi connectivity index (χ0n) is 12.2. The van der Waals surface area contributed by atoms with Gasteiger partial charge in [-0.25, -0.2) is 9.78 Å². The molecule has 1 aromatic carbocycles. The maximum Gasteiger partial charge on any atom is 0.333 e. The number of aromatic hydroxyl groups is 1. The van der Waals surface area contributed by atoms with Gasteiger partial charge in [-0.1, -0.05) is 12.1 Å². The van der Waals surface area contributed by atoms with Gasteiger partial charge in [-0.2, -0.15) is 0 Å². The van der Waals surface area contributed by atoms with Crippen LogP contribution in [0.15, 0.2) is 29.6 Å². The molecule has 7 heteroatoms. The topological polar surface area (TPSA) is 88.5 Å². The number of hydrogen-bond acceptors (Lipinski definition) is 6. The van der Waals surface area contributed by atoms with Gasteiger partial charge in [0.05, 0.1) is 24.2 Å². The lowest BCUT2D eigenvalue weighted by Crippen LogP contribution is -2.35. The first-order chi connectivity index (χ1) is 10.5. The van der Waals surface area contributed by atoms with Crippen LogP contribution in [0.1, 0.15) is 22.3 Å². The summed E-state index contributed by atoms with van der Waals surface area (Å²) < 4.78 is 4.72. The van der Waals surface area contributed by atoms with Crippen LogP contribution < -0.4 is 5.32 Å². The zero-order chi connectivity index (χ0) is 16.1. The van der Waals surface area contributed by atoms with Crippen molar-refractivity contribution < 1.29 is 19.4 Å². The van der Waals surface area contributed by atoms with Crippen molar-refractivity contribution >= 4 is 23.2 Å². The number of phenols is 1. The van der Waals surface area contributed by atoms with E-state index in [2.05, 4.69) is 10.3 Å². The minimum absolute atomic E-state index is 0.0802. The molecule has 0 saturated heterocycles. The summed E-state index contributed by atoms with van der Waals surface area (Å²) in [6.45, 7) is 1.86. The van der Waals surface area contributed by atoms with Crippen molar-refractivity contribution in [1.29, 1.82) is 0 Å². The maximum absolute atomic E-state index is 12.1. The molecular formula is C15H16N2O4S. The molecule has 0 aliphatic carbocycles. The van der Waals surface area contributed by atoms with E-state index < -0.39 is 12.0 Å². The van der Waals surface area contributed by atoms with Gasteiger partial charge in [-0.15, -0.1) is 11.3 Å². The summed E-state index contributed by atoms with van der Waals surface area (Å²) >= 11 is 1.46. The van der Waals surface area contributed by atoms with Crippen molar-refractivity contribution in [1.82, 2.24) is 10.3 Å². The lowest BCUT2D eigenvalue weighted by molar-refractivity contribution is -0.145. The molecule has 0 radical (unpaired) electrons. The van der Waals surface area contributed by atoms with Crippen LogP contribution in [-0.4, -0.2) is 29.1 Å². The first-order valence-corrected chi connectivity index (χ1v) is 7.44. The number of amides is 1. The Morgan fingerprint density at radius 3 is 2.59 bits per heavy atom. The number of thiazole rings is 1. The summed E-state index contributed by atoms with van der Waals surface area (Å²) in [5, 5.41) is 14.6. The highest BCUT2D eigenvalue weighted by Gasteiger charge is 2.23. The van der Waals surface area contributed by atoms with Crippen molar-refractivity contribution in [2.75, 3.05) is 7.11 Å². The number of benzene rings is 1. The van der Waals surface area contributed by atoms with E-state index in [9.17, 15) is 14.7 Å². The number of carbonyl (C=O) groups is 2. The summed E-state index contributed by atoms with van der Waals surface area (Å²) in [7, 11) is 1.26. The van der Waals surface area contributed by atoms with E-state index >= 15 is 0 Å². The SMILES string of the molecule is COC(=O)C(NC(=O)Cc1csc(C)n1)c1ccc(O)cc1. The molecule has 2 aromatic rings. The minimum atomic E-state index is -0.919. The fourth-order valence-corrected chi connectivity index (χ4v) is 2.54. The summed E-state index contributed by atoms with van der Waals surface area (Å²) in [6, 6.07) is 5.09. The molecule has 1 aromatic heterocycles. The molecule has 6 nitrogen and oxygen atoms in total. The molecule has 1 heterocycles. The van der Waals surface area contributed by atoms with Gasteiger partial charge in [0.25, 0.3) is 0 Å². The zero-order valence-corrected chi connectivity index (χ0v) is 13.0. The smallest absolute Gasteiger partial charge is 0.333 e. The molecule has 2 N–H and O–H groups in total. The Labute approximate surface area is 131 Å². The molecule has 0 fully saturated rings. The van der Waals surface area contributed by atoms with Gasteiger partial charge in [0.15, 0.2) is 6.04 Å². The van der Waals surface area contributed by atoms with Crippen LogP contribution in [-0.2, 0) is 20.7 Å². The Kier molecular flexibility index (Phi) is 5.11. The molecule has 0 spiro atoms. The van der Waals surface area contributed by atoms with E-state index in [4.69, 9.17) is 4.74 Å². The lowest BCUT2D eigenvalue weighted by atomic mass is 10.1. The van der Waals surface area contributed by atoms with Gasteiger partial charge in [0.1, 0.15) is 5.75 Å². The van der Waals surface area contributed by atoms with Crippen molar-refractivity contribution in [2.24, 2.45) is 0 Å². The molecule has 0 aliphatic heterocycles. The first-order valence-electron chi connectivity index (χ1n) is 6.56. The Hall–Kier alpha value is -2.41. The molecule has 116 valence electrons. The molecule has 0 saturated carbocycles. The molecule has 2 rings (SSSR count). The number of nitrogens with one attached hydrogen (secondary N) is 1. The number of ether oxygens (including phenoxy) is 1. The molecule has 22 heavy (non-hydrogen) atoms. The second-order valence-electron chi connectivity index (χ2n) is 4.65.